The summed E-state index contributed by atoms with van der Waals surface area (Å²) in [6.45, 7) is 10.1. The Bertz CT molecular complexity index is 316. The first-order valence-corrected chi connectivity index (χ1v) is 6.23. The zero-order valence-corrected chi connectivity index (χ0v) is 11.3. The normalized spacial score (nSPS) is 35.7. The molecule has 0 spiro atoms. The van der Waals surface area contributed by atoms with Crippen LogP contribution in [0.25, 0.3) is 0 Å². The van der Waals surface area contributed by atoms with Crippen LogP contribution in [0, 0.1) is 11.8 Å². The number of carbonyl (C=O) groups excluding carboxylic acids is 1. The number of rotatable bonds is 2. The minimum Gasteiger partial charge on any atom is -0.460 e. The number of hydrogen-bond acceptors (Lipinski definition) is 4. The van der Waals surface area contributed by atoms with Crippen LogP contribution >= 0.6 is 0 Å². The topological polar surface area (TPSA) is 44.8 Å². The van der Waals surface area contributed by atoms with Crippen molar-refractivity contribution in [2.24, 2.45) is 11.8 Å². The van der Waals surface area contributed by atoms with Gasteiger partial charge in [-0.05, 0) is 41.0 Å². The zero-order valence-electron chi connectivity index (χ0n) is 11.3. The predicted molar refractivity (Wildman–Crippen MR) is 62.3 cm³/mol. The standard InChI is InChI=1S/C13H22O4/c1-12(2,3)17-11(14)9-6-8(9)10-7-15-13(4,5)16-10/h8-10H,6-7H2,1-5H3/t8-,9-,10+/m0/s1. The molecule has 1 aliphatic heterocycles. The van der Waals surface area contributed by atoms with Crippen molar-refractivity contribution in [3.05, 3.63) is 0 Å². The Morgan fingerprint density at radius 3 is 2.47 bits per heavy atom. The summed E-state index contributed by atoms with van der Waals surface area (Å²) in [5.74, 6) is -0.342. The van der Waals surface area contributed by atoms with Crippen LogP contribution in [-0.4, -0.2) is 30.1 Å². The molecule has 2 rings (SSSR count). The second-order valence-corrected chi connectivity index (χ2v) is 6.41. The smallest absolute Gasteiger partial charge is 0.309 e. The number of esters is 1. The predicted octanol–water partition coefficient (Wildman–Crippen LogP) is 2.12. The fraction of sp³-hybridized carbons (Fsp3) is 0.923. The molecular formula is C13H22O4. The Kier molecular flexibility index (Phi) is 2.99. The fourth-order valence-electron chi connectivity index (χ4n) is 2.20. The highest BCUT2D eigenvalue weighted by Crippen LogP contribution is 2.46. The van der Waals surface area contributed by atoms with Gasteiger partial charge in [0, 0.05) is 5.92 Å². The third kappa shape index (κ3) is 3.19. The molecule has 17 heavy (non-hydrogen) atoms. The van der Waals surface area contributed by atoms with Crippen LogP contribution in [0.5, 0.6) is 0 Å². The van der Waals surface area contributed by atoms with Gasteiger partial charge < -0.3 is 14.2 Å². The first-order chi connectivity index (χ1) is 7.68. The molecule has 2 aliphatic rings. The summed E-state index contributed by atoms with van der Waals surface area (Å²) in [7, 11) is 0. The number of ether oxygens (including phenoxy) is 3. The minimum absolute atomic E-state index is 0.00303. The molecule has 0 aromatic carbocycles. The van der Waals surface area contributed by atoms with Crippen molar-refractivity contribution >= 4 is 5.97 Å². The highest BCUT2D eigenvalue weighted by molar-refractivity contribution is 5.76. The van der Waals surface area contributed by atoms with E-state index in [-0.39, 0.29) is 23.9 Å². The number of hydrogen-bond donors (Lipinski definition) is 0. The van der Waals surface area contributed by atoms with Gasteiger partial charge in [-0.1, -0.05) is 0 Å². The molecular weight excluding hydrogens is 220 g/mol. The van der Waals surface area contributed by atoms with Crippen molar-refractivity contribution in [1.29, 1.82) is 0 Å². The van der Waals surface area contributed by atoms with Crippen molar-refractivity contribution in [1.82, 2.24) is 0 Å². The van der Waals surface area contributed by atoms with Crippen molar-refractivity contribution in [2.75, 3.05) is 6.61 Å². The zero-order chi connectivity index (χ0) is 12.8. The second kappa shape index (κ2) is 3.95. The van der Waals surface area contributed by atoms with E-state index >= 15 is 0 Å². The largest absolute Gasteiger partial charge is 0.460 e. The molecule has 0 aromatic heterocycles. The Morgan fingerprint density at radius 2 is 2.00 bits per heavy atom. The van der Waals surface area contributed by atoms with E-state index < -0.39 is 11.4 Å². The molecule has 1 saturated carbocycles. The van der Waals surface area contributed by atoms with Crippen LogP contribution in [0.15, 0.2) is 0 Å². The van der Waals surface area contributed by atoms with Crippen LogP contribution in [0.3, 0.4) is 0 Å². The van der Waals surface area contributed by atoms with Crippen molar-refractivity contribution in [3.8, 4) is 0 Å². The fourth-order valence-corrected chi connectivity index (χ4v) is 2.20. The average molecular weight is 242 g/mol. The van der Waals surface area contributed by atoms with E-state index in [0.29, 0.717) is 6.61 Å². The minimum atomic E-state index is -0.508. The molecule has 1 heterocycles. The van der Waals surface area contributed by atoms with E-state index in [1.165, 1.54) is 0 Å². The third-order valence-electron chi connectivity index (χ3n) is 3.06. The molecule has 0 aromatic rings. The highest BCUT2D eigenvalue weighted by atomic mass is 16.7. The lowest BCUT2D eigenvalue weighted by Crippen LogP contribution is -2.27. The van der Waals surface area contributed by atoms with Gasteiger partial charge >= 0.3 is 5.97 Å². The van der Waals surface area contributed by atoms with Gasteiger partial charge in [-0.15, -0.1) is 0 Å². The molecule has 0 N–H and O–H groups in total. The molecule has 0 amide bonds. The maximum Gasteiger partial charge on any atom is 0.309 e. The van der Waals surface area contributed by atoms with Gasteiger partial charge in [-0.3, -0.25) is 4.79 Å². The summed E-state index contributed by atoms with van der Waals surface area (Å²) < 4.78 is 16.6. The summed E-state index contributed by atoms with van der Waals surface area (Å²) in [6, 6.07) is 0. The van der Waals surface area contributed by atoms with E-state index in [1.54, 1.807) is 0 Å². The molecule has 4 heteroatoms. The Balaban J connectivity index is 1.83. The van der Waals surface area contributed by atoms with Gasteiger partial charge in [0.15, 0.2) is 5.79 Å². The van der Waals surface area contributed by atoms with Gasteiger partial charge in [0.1, 0.15) is 5.60 Å². The molecule has 0 unspecified atom stereocenters. The van der Waals surface area contributed by atoms with E-state index in [2.05, 4.69) is 0 Å². The molecule has 0 bridgehead atoms. The van der Waals surface area contributed by atoms with Gasteiger partial charge in [-0.2, -0.15) is 0 Å². The van der Waals surface area contributed by atoms with E-state index in [1.807, 2.05) is 34.6 Å². The maximum atomic E-state index is 11.8. The summed E-state index contributed by atoms with van der Waals surface area (Å²) in [6.07, 6.45) is 0.904. The van der Waals surface area contributed by atoms with E-state index in [9.17, 15) is 4.79 Å². The Morgan fingerprint density at radius 1 is 1.35 bits per heavy atom. The first kappa shape index (κ1) is 12.8. The van der Waals surface area contributed by atoms with Gasteiger partial charge in [0.25, 0.3) is 0 Å². The Hall–Kier alpha value is -0.610. The first-order valence-electron chi connectivity index (χ1n) is 6.23. The van der Waals surface area contributed by atoms with Crippen molar-refractivity contribution < 1.29 is 19.0 Å². The molecule has 1 aliphatic carbocycles. The van der Waals surface area contributed by atoms with Crippen LogP contribution in [0.1, 0.15) is 41.0 Å². The van der Waals surface area contributed by atoms with Gasteiger partial charge in [0.2, 0.25) is 0 Å². The summed E-state index contributed by atoms with van der Waals surface area (Å²) in [4.78, 5) is 11.8. The van der Waals surface area contributed by atoms with E-state index in [4.69, 9.17) is 14.2 Å². The summed E-state index contributed by atoms with van der Waals surface area (Å²) in [5, 5.41) is 0. The monoisotopic (exact) mass is 242 g/mol. The molecule has 4 nitrogen and oxygen atoms in total. The van der Waals surface area contributed by atoms with Crippen LogP contribution in [0.2, 0.25) is 0 Å². The SMILES string of the molecule is CC(C)(C)OC(=O)[C@H]1C[C@@H]1[C@H]1COC(C)(C)O1. The van der Waals surface area contributed by atoms with Gasteiger partial charge in [-0.25, -0.2) is 0 Å². The highest BCUT2D eigenvalue weighted by Gasteiger charge is 2.53. The molecule has 0 radical (unpaired) electrons. The van der Waals surface area contributed by atoms with Crippen molar-refractivity contribution in [2.45, 2.75) is 58.5 Å². The van der Waals surface area contributed by atoms with Crippen LogP contribution in [-0.2, 0) is 19.0 Å². The quantitative estimate of drug-likeness (QED) is 0.696. The lowest BCUT2D eigenvalue weighted by atomic mass is 10.1. The summed E-state index contributed by atoms with van der Waals surface area (Å²) >= 11 is 0. The third-order valence-corrected chi connectivity index (χ3v) is 3.06. The molecule has 3 atom stereocenters. The molecule has 2 fully saturated rings. The lowest BCUT2D eigenvalue weighted by Gasteiger charge is -2.20. The summed E-state index contributed by atoms with van der Waals surface area (Å²) in [5.41, 5.74) is -0.406. The van der Waals surface area contributed by atoms with Crippen LogP contribution < -0.4 is 0 Å². The second-order valence-electron chi connectivity index (χ2n) is 6.41. The van der Waals surface area contributed by atoms with E-state index in [0.717, 1.165) is 6.42 Å². The molecule has 98 valence electrons. The lowest BCUT2D eigenvalue weighted by molar-refractivity contribution is -0.159. The number of carbonyl (C=O) groups is 1. The Labute approximate surface area is 103 Å². The van der Waals surface area contributed by atoms with Crippen LogP contribution in [0.4, 0.5) is 0 Å². The maximum absolute atomic E-state index is 11.8. The molecule has 1 saturated heterocycles. The van der Waals surface area contributed by atoms with Crippen molar-refractivity contribution in [3.63, 3.8) is 0 Å². The van der Waals surface area contributed by atoms with Gasteiger partial charge in [0.05, 0.1) is 18.6 Å². The average Bonchev–Trinajstić information content (AvgIpc) is 2.83.